The molecule has 0 spiro atoms. The molecule has 44 valence electrons. The van der Waals surface area contributed by atoms with Crippen LogP contribution in [-0.2, 0) is 4.74 Å². The highest BCUT2D eigenvalue weighted by Gasteiger charge is 2.25. The van der Waals surface area contributed by atoms with Crippen molar-refractivity contribution in [3.05, 3.63) is 11.8 Å². The molecular formula is C7H10O. The molecule has 1 fully saturated rings. The molecule has 1 heteroatoms. The molecule has 2 aliphatic rings. The minimum absolute atomic E-state index is 0.815. The molecule has 0 bridgehead atoms. The van der Waals surface area contributed by atoms with Crippen LogP contribution in [0.3, 0.4) is 0 Å². The molecule has 1 aliphatic heterocycles. The number of rotatable bonds is 0. The molecular weight excluding hydrogens is 100 g/mol. The second kappa shape index (κ2) is 1.51. The summed E-state index contributed by atoms with van der Waals surface area (Å²) in [5, 5.41) is 0. The molecule has 1 atom stereocenters. The summed E-state index contributed by atoms with van der Waals surface area (Å²) in [5.41, 5.74) is 0. The van der Waals surface area contributed by atoms with Gasteiger partial charge in [-0.05, 0) is 25.3 Å². The maximum Gasteiger partial charge on any atom is 0.0952 e. The molecule has 0 aromatic rings. The Morgan fingerprint density at radius 1 is 1.50 bits per heavy atom. The van der Waals surface area contributed by atoms with E-state index in [9.17, 15) is 0 Å². The molecule has 0 aromatic heterocycles. The predicted octanol–water partition coefficient (Wildman–Crippen LogP) is 1.70. The summed E-state index contributed by atoms with van der Waals surface area (Å²) < 4.78 is 5.34. The topological polar surface area (TPSA) is 9.23 Å². The van der Waals surface area contributed by atoms with E-state index in [1.54, 1.807) is 0 Å². The van der Waals surface area contributed by atoms with Crippen LogP contribution in [0.2, 0.25) is 0 Å². The van der Waals surface area contributed by atoms with E-state index < -0.39 is 0 Å². The Labute approximate surface area is 49.3 Å². The summed E-state index contributed by atoms with van der Waals surface area (Å²) in [4.78, 5) is 0. The summed E-state index contributed by atoms with van der Waals surface area (Å²) in [7, 11) is 0. The first-order valence-electron chi connectivity index (χ1n) is 3.29. The lowest BCUT2D eigenvalue weighted by Crippen LogP contribution is -1.87. The maximum atomic E-state index is 5.34. The van der Waals surface area contributed by atoms with Gasteiger partial charge < -0.3 is 4.74 Å². The first-order valence-corrected chi connectivity index (χ1v) is 3.29. The Kier molecular flexibility index (Phi) is 0.833. The number of hydrogen-bond acceptors (Lipinski definition) is 1. The van der Waals surface area contributed by atoms with E-state index in [1.165, 1.54) is 25.0 Å². The molecule has 1 nitrogen and oxygen atoms in total. The van der Waals surface area contributed by atoms with Gasteiger partial charge in [-0.1, -0.05) is 0 Å². The number of fused-ring (bicyclic) bond motifs is 1. The van der Waals surface area contributed by atoms with E-state index >= 15 is 0 Å². The van der Waals surface area contributed by atoms with E-state index in [-0.39, 0.29) is 0 Å². The highest BCUT2D eigenvalue weighted by atomic mass is 16.5. The predicted molar refractivity (Wildman–Crippen MR) is 31.4 cm³/mol. The normalized spacial score (nSPS) is 34.0. The van der Waals surface area contributed by atoms with Crippen LogP contribution in [0.4, 0.5) is 0 Å². The van der Waals surface area contributed by atoms with Gasteiger partial charge in [-0.15, -0.1) is 0 Å². The summed E-state index contributed by atoms with van der Waals surface area (Å²) in [6.45, 7) is 0.969. The first kappa shape index (κ1) is 4.42. The van der Waals surface area contributed by atoms with Crippen LogP contribution < -0.4 is 0 Å². The minimum atomic E-state index is 0.815. The average Bonchev–Trinajstić information content (AvgIpc) is 2.15. The number of allylic oxidation sites excluding steroid dienone is 2. The summed E-state index contributed by atoms with van der Waals surface area (Å²) in [5.74, 6) is 2.10. The van der Waals surface area contributed by atoms with Crippen molar-refractivity contribution in [1.82, 2.24) is 0 Å². The van der Waals surface area contributed by atoms with Crippen molar-refractivity contribution in [3.63, 3.8) is 0 Å². The highest BCUT2D eigenvalue weighted by molar-refractivity contribution is 5.08. The summed E-state index contributed by atoms with van der Waals surface area (Å²) in [6.07, 6.45) is 6.10. The lowest BCUT2D eigenvalue weighted by molar-refractivity contribution is 0.261. The van der Waals surface area contributed by atoms with Crippen LogP contribution in [0.1, 0.15) is 19.3 Å². The van der Waals surface area contributed by atoms with E-state index in [0.717, 1.165) is 12.5 Å². The van der Waals surface area contributed by atoms with Gasteiger partial charge in [-0.25, -0.2) is 0 Å². The van der Waals surface area contributed by atoms with Gasteiger partial charge in [0.15, 0.2) is 0 Å². The Balaban J connectivity index is 2.20. The SMILES string of the molecule is C1=C2OCCC2CC1. The number of hydrogen-bond donors (Lipinski definition) is 0. The molecule has 0 aromatic carbocycles. The fraction of sp³-hybridized carbons (Fsp3) is 0.714. The van der Waals surface area contributed by atoms with Crippen LogP contribution in [0.15, 0.2) is 11.8 Å². The molecule has 0 N–H and O–H groups in total. The zero-order chi connectivity index (χ0) is 5.40. The van der Waals surface area contributed by atoms with Crippen molar-refractivity contribution in [1.29, 1.82) is 0 Å². The van der Waals surface area contributed by atoms with Crippen LogP contribution in [0.5, 0.6) is 0 Å². The van der Waals surface area contributed by atoms with Crippen molar-refractivity contribution >= 4 is 0 Å². The van der Waals surface area contributed by atoms with Gasteiger partial charge in [0.25, 0.3) is 0 Å². The van der Waals surface area contributed by atoms with E-state index in [4.69, 9.17) is 4.74 Å². The van der Waals surface area contributed by atoms with Gasteiger partial charge in [0.05, 0.1) is 12.4 Å². The van der Waals surface area contributed by atoms with Gasteiger partial charge in [0.2, 0.25) is 0 Å². The Hall–Kier alpha value is -0.460. The van der Waals surface area contributed by atoms with Gasteiger partial charge >= 0.3 is 0 Å². The standard InChI is InChI=1S/C7H10O/c1-2-6-4-5-8-7(6)3-1/h3,6H,1-2,4-5H2. The zero-order valence-electron chi connectivity index (χ0n) is 4.89. The molecule has 1 saturated heterocycles. The fourth-order valence-electron chi connectivity index (χ4n) is 1.52. The van der Waals surface area contributed by atoms with Crippen LogP contribution in [0.25, 0.3) is 0 Å². The van der Waals surface area contributed by atoms with E-state index in [1.807, 2.05) is 0 Å². The lowest BCUT2D eigenvalue weighted by atomic mass is 10.1. The molecule has 0 radical (unpaired) electrons. The molecule has 1 aliphatic carbocycles. The molecule has 8 heavy (non-hydrogen) atoms. The summed E-state index contributed by atoms with van der Waals surface area (Å²) >= 11 is 0. The van der Waals surface area contributed by atoms with Crippen molar-refractivity contribution in [2.45, 2.75) is 19.3 Å². The molecule has 2 rings (SSSR count). The maximum absolute atomic E-state index is 5.34. The highest BCUT2D eigenvalue weighted by Crippen LogP contribution is 2.34. The third-order valence-corrected chi connectivity index (χ3v) is 2.00. The van der Waals surface area contributed by atoms with Gasteiger partial charge in [-0.3, -0.25) is 0 Å². The monoisotopic (exact) mass is 110 g/mol. The minimum Gasteiger partial charge on any atom is -0.498 e. The van der Waals surface area contributed by atoms with Gasteiger partial charge in [0, 0.05) is 5.92 Å². The largest absolute Gasteiger partial charge is 0.498 e. The van der Waals surface area contributed by atoms with Crippen molar-refractivity contribution in [2.24, 2.45) is 5.92 Å². The Morgan fingerprint density at radius 2 is 2.50 bits per heavy atom. The van der Waals surface area contributed by atoms with Gasteiger partial charge in [0.1, 0.15) is 0 Å². The smallest absolute Gasteiger partial charge is 0.0952 e. The summed E-state index contributed by atoms with van der Waals surface area (Å²) in [6, 6.07) is 0. The number of ether oxygens (including phenoxy) is 1. The van der Waals surface area contributed by atoms with Gasteiger partial charge in [-0.2, -0.15) is 0 Å². The van der Waals surface area contributed by atoms with Crippen molar-refractivity contribution in [3.8, 4) is 0 Å². The molecule has 0 saturated carbocycles. The molecule has 1 unspecified atom stereocenters. The zero-order valence-corrected chi connectivity index (χ0v) is 4.89. The Bertz CT molecular complexity index is 126. The van der Waals surface area contributed by atoms with Crippen molar-refractivity contribution < 1.29 is 4.74 Å². The second-order valence-corrected chi connectivity index (χ2v) is 2.52. The van der Waals surface area contributed by atoms with Crippen LogP contribution in [-0.4, -0.2) is 6.61 Å². The van der Waals surface area contributed by atoms with E-state index in [0.29, 0.717) is 0 Å². The lowest BCUT2D eigenvalue weighted by Gasteiger charge is -1.96. The van der Waals surface area contributed by atoms with Crippen LogP contribution >= 0.6 is 0 Å². The van der Waals surface area contributed by atoms with E-state index in [2.05, 4.69) is 6.08 Å². The first-order chi connectivity index (χ1) is 3.97. The average molecular weight is 110 g/mol. The fourth-order valence-corrected chi connectivity index (χ4v) is 1.52. The molecule has 0 amide bonds. The quantitative estimate of drug-likeness (QED) is 0.461. The van der Waals surface area contributed by atoms with Crippen molar-refractivity contribution in [2.75, 3.05) is 6.61 Å². The van der Waals surface area contributed by atoms with Crippen LogP contribution in [0, 0.1) is 5.92 Å². The molecule has 1 heterocycles. The second-order valence-electron chi connectivity index (χ2n) is 2.52. The Morgan fingerprint density at radius 3 is 3.38 bits per heavy atom. The third-order valence-electron chi connectivity index (χ3n) is 2.00. The third kappa shape index (κ3) is 0.473.